The van der Waals surface area contributed by atoms with Gasteiger partial charge in [0.25, 0.3) is 0 Å². The summed E-state index contributed by atoms with van der Waals surface area (Å²) in [5, 5.41) is 12.3. The third kappa shape index (κ3) is 6.97. The number of halogens is 1. The van der Waals surface area contributed by atoms with Crippen LogP contribution in [-0.2, 0) is 22.7 Å². The Balaban J connectivity index is 1.57. The molecule has 2 aromatic carbocycles. The maximum atomic E-state index is 12.5. The Morgan fingerprint density at radius 1 is 1.15 bits per heavy atom. The van der Waals surface area contributed by atoms with Crippen molar-refractivity contribution in [2.24, 2.45) is 0 Å². The van der Waals surface area contributed by atoms with Gasteiger partial charge in [0.15, 0.2) is 11.0 Å². The van der Waals surface area contributed by atoms with Gasteiger partial charge in [0, 0.05) is 12.2 Å². The highest BCUT2D eigenvalue weighted by atomic mass is 35.5. The minimum absolute atomic E-state index is 0.129. The predicted octanol–water partition coefficient (Wildman–Crippen LogP) is 4.83. The van der Waals surface area contributed by atoms with Crippen LogP contribution in [0.3, 0.4) is 0 Å². The van der Waals surface area contributed by atoms with Crippen molar-refractivity contribution >= 4 is 40.9 Å². The molecule has 0 saturated heterocycles. The predicted molar refractivity (Wildman–Crippen MR) is 128 cm³/mol. The number of nitrogens with zero attached hydrogens (tertiary/aromatic N) is 3. The van der Waals surface area contributed by atoms with Crippen molar-refractivity contribution in [1.82, 2.24) is 14.8 Å². The van der Waals surface area contributed by atoms with Gasteiger partial charge in [0.05, 0.1) is 22.4 Å². The number of anilines is 1. The summed E-state index contributed by atoms with van der Waals surface area (Å²) in [7, 11) is 0. The second-order valence-electron chi connectivity index (χ2n) is 7.23. The third-order valence-corrected chi connectivity index (χ3v) is 5.64. The molecule has 0 bridgehead atoms. The second kappa shape index (κ2) is 11.7. The van der Waals surface area contributed by atoms with Gasteiger partial charge in [-0.05, 0) is 51.1 Å². The molecule has 0 spiro atoms. The number of carbonyl (C=O) groups is 2. The van der Waals surface area contributed by atoms with Crippen LogP contribution in [0.25, 0.3) is 0 Å². The van der Waals surface area contributed by atoms with Gasteiger partial charge in [-0.25, -0.2) is 4.79 Å². The molecule has 10 heteroatoms. The molecular formula is C23H25ClN4O4S. The van der Waals surface area contributed by atoms with Crippen molar-refractivity contribution in [3.05, 3.63) is 64.9 Å². The van der Waals surface area contributed by atoms with Gasteiger partial charge >= 0.3 is 5.97 Å². The largest absolute Gasteiger partial charge is 0.484 e. The summed E-state index contributed by atoms with van der Waals surface area (Å²) in [4.78, 5) is 24.5. The minimum atomic E-state index is -0.432. The van der Waals surface area contributed by atoms with E-state index < -0.39 is 5.97 Å². The molecule has 3 aromatic rings. The molecule has 0 radical (unpaired) electrons. The van der Waals surface area contributed by atoms with E-state index in [-0.39, 0.29) is 24.4 Å². The molecule has 0 fully saturated rings. The first-order valence-electron chi connectivity index (χ1n) is 10.4. The fourth-order valence-corrected chi connectivity index (χ4v) is 3.90. The number of thioether (sulfide) groups is 1. The number of esters is 1. The zero-order valence-electron chi connectivity index (χ0n) is 18.6. The number of hydrogen-bond acceptors (Lipinski definition) is 7. The van der Waals surface area contributed by atoms with E-state index in [0.29, 0.717) is 39.5 Å². The van der Waals surface area contributed by atoms with Gasteiger partial charge in [-0.2, -0.15) is 0 Å². The first kappa shape index (κ1) is 24.6. The van der Waals surface area contributed by atoms with E-state index in [4.69, 9.17) is 21.1 Å². The molecule has 0 aliphatic heterocycles. The number of hydrogen-bond donors (Lipinski definition) is 1. The topological polar surface area (TPSA) is 95.3 Å². The van der Waals surface area contributed by atoms with Gasteiger partial charge < -0.3 is 19.4 Å². The van der Waals surface area contributed by atoms with Crippen LogP contribution in [0.15, 0.2) is 53.7 Å². The average Bonchev–Trinajstić information content (AvgIpc) is 3.18. The Morgan fingerprint density at radius 2 is 1.94 bits per heavy atom. The summed E-state index contributed by atoms with van der Waals surface area (Å²) in [5.41, 5.74) is 0.896. The third-order valence-electron chi connectivity index (χ3n) is 4.36. The molecule has 8 nitrogen and oxygen atoms in total. The van der Waals surface area contributed by atoms with Gasteiger partial charge in [-0.3, -0.25) is 4.79 Å². The Labute approximate surface area is 201 Å². The molecule has 0 unspecified atom stereocenters. The van der Waals surface area contributed by atoms with Crippen LogP contribution in [0.1, 0.15) is 37.0 Å². The normalized spacial score (nSPS) is 10.8. The lowest BCUT2D eigenvalue weighted by Crippen LogP contribution is -2.16. The summed E-state index contributed by atoms with van der Waals surface area (Å²) in [6.45, 7) is 6.36. The van der Waals surface area contributed by atoms with E-state index in [0.717, 1.165) is 0 Å². The molecule has 0 saturated carbocycles. The standard InChI is InChI=1S/C23H25ClN4O4S/c1-4-28-20(13-31-19-11-6-5-10-18(19)24)26-27-23(28)33-14-21(29)25-17-9-7-8-16(12-17)22(30)32-15(2)3/h5-12,15H,4,13-14H2,1-3H3,(H,25,29). The lowest BCUT2D eigenvalue weighted by molar-refractivity contribution is -0.113. The van der Waals surface area contributed by atoms with Gasteiger partial charge in [-0.15, -0.1) is 10.2 Å². The molecular weight excluding hydrogens is 464 g/mol. The molecule has 1 N–H and O–H groups in total. The first-order valence-corrected chi connectivity index (χ1v) is 11.8. The maximum absolute atomic E-state index is 12.5. The van der Waals surface area contributed by atoms with E-state index in [9.17, 15) is 9.59 Å². The number of amides is 1. The monoisotopic (exact) mass is 488 g/mol. The van der Waals surface area contributed by atoms with Crippen molar-refractivity contribution in [1.29, 1.82) is 0 Å². The Morgan fingerprint density at radius 3 is 2.67 bits per heavy atom. The zero-order chi connectivity index (χ0) is 23.8. The lowest BCUT2D eigenvalue weighted by Gasteiger charge is -2.10. The molecule has 0 aliphatic carbocycles. The number of benzene rings is 2. The van der Waals surface area contributed by atoms with Crippen molar-refractivity contribution in [2.75, 3.05) is 11.1 Å². The van der Waals surface area contributed by atoms with Crippen LogP contribution >= 0.6 is 23.4 Å². The Bertz CT molecular complexity index is 1120. The lowest BCUT2D eigenvalue weighted by atomic mass is 10.2. The Kier molecular flexibility index (Phi) is 8.73. The number of aromatic nitrogens is 3. The first-order chi connectivity index (χ1) is 15.9. The highest BCUT2D eigenvalue weighted by Gasteiger charge is 2.15. The molecule has 33 heavy (non-hydrogen) atoms. The van der Waals surface area contributed by atoms with Crippen LogP contribution in [-0.4, -0.2) is 38.5 Å². The van der Waals surface area contributed by atoms with Crippen LogP contribution in [0.4, 0.5) is 5.69 Å². The van der Waals surface area contributed by atoms with Gasteiger partial charge in [-0.1, -0.05) is 41.6 Å². The van der Waals surface area contributed by atoms with E-state index in [1.54, 1.807) is 50.2 Å². The quantitative estimate of drug-likeness (QED) is 0.322. The Hall–Kier alpha value is -3.04. The number of ether oxygens (including phenoxy) is 2. The number of para-hydroxylation sites is 1. The molecule has 0 atom stereocenters. The SMILES string of the molecule is CCn1c(COc2ccccc2Cl)nnc1SCC(=O)Nc1cccc(C(=O)OC(C)C)c1. The number of rotatable bonds is 10. The highest BCUT2D eigenvalue weighted by Crippen LogP contribution is 2.25. The van der Waals surface area contributed by atoms with Gasteiger partial charge in [0.1, 0.15) is 12.4 Å². The van der Waals surface area contributed by atoms with Crippen molar-refractivity contribution in [3.63, 3.8) is 0 Å². The minimum Gasteiger partial charge on any atom is -0.484 e. The molecule has 3 rings (SSSR count). The molecule has 1 amide bonds. The molecule has 1 aromatic heterocycles. The van der Waals surface area contributed by atoms with E-state index in [1.807, 2.05) is 23.6 Å². The van der Waals surface area contributed by atoms with Crippen LogP contribution < -0.4 is 10.1 Å². The van der Waals surface area contributed by atoms with Crippen molar-refractivity contribution in [2.45, 2.75) is 45.2 Å². The number of nitrogens with one attached hydrogen (secondary N) is 1. The summed E-state index contributed by atoms with van der Waals surface area (Å²) in [6.07, 6.45) is -0.219. The second-order valence-corrected chi connectivity index (χ2v) is 8.58. The molecule has 0 aliphatic rings. The van der Waals surface area contributed by atoms with E-state index >= 15 is 0 Å². The van der Waals surface area contributed by atoms with Crippen LogP contribution in [0, 0.1) is 0 Å². The summed E-state index contributed by atoms with van der Waals surface area (Å²) in [6, 6.07) is 13.9. The smallest absolute Gasteiger partial charge is 0.338 e. The van der Waals surface area contributed by atoms with Crippen LogP contribution in [0.5, 0.6) is 5.75 Å². The summed E-state index contributed by atoms with van der Waals surface area (Å²) < 4.78 is 12.8. The summed E-state index contributed by atoms with van der Waals surface area (Å²) in [5.74, 6) is 0.672. The van der Waals surface area contributed by atoms with E-state index in [1.165, 1.54) is 11.8 Å². The van der Waals surface area contributed by atoms with Gasteiger partial charge in [0.2, 0.25) is 5.91 Å². The maximum Gasteiger partial charge on any atom is 0.338 e. The fourth-order valence-electron chi connectivity index (χ4n) is 2.89. The molecule has 174 valence electrons. The average molecular weight is 489 g/mol. The highest BCUT2D eigenvalue weighted by molar-refractivity contribution is 7.99. The summed E-state index contributed by atoms with van der Waals surface area (Å²) >= 11 is 7.40. The molecule has 1 heterocycles. The number of carbonyl (C=O) groups excluding carboxylic acids is 2. The van der Waals surface area contributed by atoms with E-state index in [2.05, 4.69) is 15.5 Å². The van der Waals surface area contributed by atoms with Crippen molar-refractivity contribution in [3.8, 4) is 5.75 Å². The van der Waals surface area contributed by atoms with Crippen LogP contribution in [0.2, 0.25) is 5.02 Å². The fraction of sp³-hybridized carbons (Fsp3) is 0.304. The zero-order valence-corrected chi connectivity index (χ0v) is 20.2. The van der Waals surface area contributed by atoms with Crippen molar-refractivity contribution < 1.29 is 19.1 Å².